The summed E-state index contributed by atoms with van der Waals surface area (Å²) in [6, 6.07) is 14.2. The molecule has 14 nitrogen and oxygen atoms in total. The van der Waals surface area contributed by atoms with Crippen molar-refractivity contribution < 1.29 is 18.0 Å². The van der Waals surface area contributed by atoms with Crippen LogP contribution in [0.5, 0.6) is 0 Å². The van der Waals surface area contributed by atoms with E-state index in [1.165, 1.54) is 24.3 Å². The Kier molecular flexibility index (Phi) is 15.1. The minimum atomic E-state index is -4.16. The van der Waals surface area contributed by atoms with Crippen molar-refractivity contribution in [3.63, 3.8) is 0 Å². The molecule has 6 rings (SSSR count). The molecule has 1 aliphatic rings. The van der Waals surface area contributed by atoms with Gasteiger partial charge in [0.15, 0.2) is 11.6 Å². The number of aromatic nitrogens is 4. The van der Waals surface area contributed by atoms with Crippen LogP contribution in [0, 0.1) is 0 Å². The molecule has 1 aliphatic carbocycles. The molecule has 0 saturated carbocycles. The maximum Gasteiger partial charge on any atom is 0.261 e. The maximum absolute atomic E-state index is 13.8. The second-order valence-electron chi connectivity index (χ2n) is 14.0. The normalized spacial score (nSPS) is 13.1. The second-order valence-corrected chi connectivity index (χ2v) is 17.2. The average Bonchev–Trinajstić information content (AvgIpc) is 3.51. The number of carbonyl (C=O) groups is 2. The molecule has 0 bridgehead atoms. The number of sulfonamides is 1. The summed E-state index contributed by atoms with van der Waals surface area (Å²) in [6.07, 6.45) is 1.82. The van der Waals surface area contributed by atoms with E-state index in [0.29, 0.717) is 36.1 Å². The van der Waals surface area contributed by atoms with E-state index in [1.54, 1.807) is 30.3 Å². The number of Topliss-reactive ketones (excluding diaryl/α,β-unsaturated/α-hetero) is 2. The van der Waals surface area contributed by atoms with E-state index in [9.17, 15) is 18.0 Å². The first-order valence-corrected chi connectivity index (χ1v) is 22.7. The van der Waals surface area contributed by atoms with E-state index < -0.39 is 27.5 Å². The Balaban J connectivity index is 1.19. The number of nitrogens with one attached hydrogen (secondary N) is 4. The number of fused-ring (bicyclic) bond motifs is 2. The number of nitrogens with zero attached hydrogens (tertiary/aromatic N) is 6. The van der Waals surface area contributed by atoms with Gasteiger partial charge in [-0.3, -0.25) is 14.3 Å². The van der Waals surface area contributed by atoms with Crippen molar-refractivity contribution in [3.8, 4) is 0 Å². The van der Waals surface area contributed by atoms with E-state index in [1.807, 2.05) is 0 Å². The Bertz CT molecular complexity index is 2400. The van der Waals surface area contributed by atoms with Crippen molar-refractivity contribution in [1.82, 2.24) is 29.7 Å². The number of pyridine rings is 1. The number of carbonyl (C=O) groups excluding carboxylic acids is 2. The van der Waals surface area contributed by atoms with Crippen LogP contribution in [-0.2, 0) is 10.0 Å². The van der Waals surface area contributed by atoms with Crippen molar-refractivity contribution in [2.75, 3.05) is 73.0 Å². The quantitative estimate of drug-likeness (QED) is 0.0252. The second kappa shape index (κ2) is 20.0. The first-order valence-electron chi connectivity index (χ1n) is 19.7. The van der Waals surface area contributed by atoms with E-state index in [2.05, 4.69) is 78.1 Å². The first kappa shape index (κ1) is 45.2. The zero-order chi connectivity index (χ0) is 43.1. The molecule has 2 aromatic heterocycles. The van der Waals surface area contributed by atoms with Crippen molar-refractivity contribution >= 4 is 108 Å². The molecule has 0 radical (unpaired) electrons. The summed E-state index contributed by atoms with van der Waals surface area (Å²) in [5, 5.41) is 9.74. The highest BCUT2D eigenvalue weighted by molar-refractivity contribution is 7.92. The third-order valence-electron chi connectivity index (χ3n) is 10.3. The third kappa shape index (κ3) is 10.0. The van der Waals surface area contributed by atoms with Gasteiger partial charge in [-0.1, -0.05) is 92.3 Å². The van der Waals surface area contributed by atoms with Crippen molar-refractivity contribution in [2.24, 2.45) is 0 Å². The first-order chi connectivity index (χ1) is 28.8. The smallest absolute Gasteiger partial charge is 0.261 e. The van der Waals surface area contributed by atoms with Crippen LogP contribution in [0.15, 0.2) is 59.5 Å². The molecular weight excluding hydrogens is 870 g/mol. The zero-order valence-corrected chi connectivity index (χ0v) is 37.4. The summed E-state index contributed by atoms with van der Waals surface area (Å²) in [5.74, 6) is -1.56. The van der Waals surface area contributed by atoms with E-state index in [4.69, 9.17) is 46.4 Å². The predicted molar refractivity (Wildman–Crippen MR) is 242 cm³/mol. The van der Waals surface area contributed by atoms with Gasteiger partial charge in [0.2, 0.25) is 17.8 Å². The summed E-state index contributed by atoms with van der Waals surface area (Å²) in [6.45, 7) is 15.8. The van der Waals surface area contributed by atoms with Crippen LogP contribution < -0.4 is 20.7 Å². The summed E-state index contributed by atoms with van der Waals surface area (Å²) >= 11 is 25.1. The van der Waals surface area contributed by atoms with Crippen LogP contribution >= 0.6 is 46.4 Å². The number of benzene rings is 3. The fraction of sp³-hybridized carbons (Fsp3) is 0.366. The van der Waals surface area contributed by atoms with Gasteiger partial charge in [-0.05, 0) is 88.5 Å². The van der Waals surface area contributed by atoms with Crippen molar-refractivity contribution in [1.29, 1.82) is 0 Å². The van der Waals surface area contributed by atoms with Crippen LogP contribution in [-0.4, -0.2) is 102 Å². The summed E-state index contributed by atoms with van der Waals surface area (Å²) in [4.78, 5) is 50.3. The molecule has 318 valence electrons. The molecule has 2 heterocycles. The van der Waals surface area contributed by atoms with Crippen molar-refractivity contribution in [3.05, 3.63) is 91.5 Å². The molecule has 4 N–H and O–H groups in total. The van der Waals surface area contributed by atoms with Gasteiger partial charge in [0.1, 0.15) is 5.92 Å². The molecular formula is C41H46Cl4N10O4S. The van der Waals surface area contributed by atoms with E-state index in [0.717, 1.165) is 52.1 Å². The van der Waals surface area contributed by atoms with Crippen LogP contribution in [0.4, 0.5) is 29.2 Å². The fourth-order valence-electron chi connectivity index (χ4n) is 6.90. The van der Waals surface area contributed by atoms with Gasteiger partial charge in [0.25, 0.3) is 10.0 Å². The molecule has 19 heteroatoms. The number of rotatable bonds is 20. The van der Waals surface area contributed by atoms with Gasteiger partial charge in [0.05, 0.1) is 53.0 Å². The largest absolute Gasteiger partial charge is 0.354 e. The van der Waals surface area contributed by atoms with Crippen LogP contribution in [0.1, 0.15) is 72.9 Å². The third-order valence-corrected chi connectivity index (χ3v) is 13.5. The number of para-hydroxylation sites is 1. The summed E-state index contributed by atoms with van der Waals surface area (Å²) in [7, 11) is -4.16. The molecule has 0 saturated heterocycles. The molecule has 0 aliphatic heterocycles. The monoisotopic (exact) mass is 914 g/mol. The van der Waals surface area contributed by atoms with Gasteiger partial charge in [-0.15, -0.1) is 0 Å². The lowest BCUT2D eigenvalue weighted by Gasteiger charge is -2.18. The standard InChI is InChI=1S/C41H46Cl4N10O4S/c1-5-54(6-2)22-10-20-46-39-50-40(47-21-11-23-55(7-3)8-4)52-41(51-39)48-25-15-17-26(18-16-25)60(58,59)53-28-13-9-12-24-14-19-27(49-36(24)28)29-37(56)30-31(38(29)57)33(43)35(45)34(44)32(30)42/h9,12-19,29,53H,5-8,10-11,20-23H2,1-4H3,(H3,46,47,48,50,51,52). The minimum Gasteiger partial charge on any atom is -0.354 e. The number of hydrogen-bond acceptors (Lipinski definition) is 13. The number of halogens is 4. The average molecular weight is 917 g/mol. The number of ketones is 2. The highest BCUT2D eigenvalue weighted by Gasteiger charge is 2.45. The van der Waals surface area contributed by atoms with E-state index >= 15 is 0 Å². The summed E-state index contributed by atoms with van der Waals surface area (Å²) < 4.78 is 30.2. The maximum atomic E-state index is 13.8. The van der Waals surface area contributed by atoms with Crippen LogP contribution in [0.25, 0.3) is 10.9 Å². The van der Waals surface area contributed by atoms with Gasteiger partial charge >= 0.3 is 0 Å². The fourth-order valence-corrected chi connectivity index (χ4v) is 9.01. The molecule has 5 aromatic rings. The molecule has 60 heavy (non-hydrogen) atoms. The van der Waals surface area contributed by atoms with Gasteiger partial charge < -0.3 is 25.8 Å². The molecule has 0 unspecified atom stereocenters. The SMILES string of the molecule is CCN(CC)CCCNc1nc(NCCCN(CC)CC)nc(Nc2ccc(S(=O)(=O)Nc3cccc4ccc(C5C(=O)c6c(Cl)c(Cl)c(Cl)c(Cl)c6C5=O)nc34)cc2)n1. The number of anilines is 5. The Morgan fingerprint density at radius 1 is 0.633 bits per heavy atom. The van der Waals surface area contributed by atoms with Crippen LogP contribution in [0.2, 0.25) is 20.1 Å². The van der Waals surface area contributed by atoms with Crippen molar-refractivity contribution in [2.45, 2.75) is 51.3 Å². The zero-order valence-electron chi connectivity index (χ0n) is 33.6. The van der Waals surface area contributed by atoms with Crippen LogP contribution in [0.3, 0.4) is 0 Å². The van der Waals surface area contributed by atoms with E-state index in [-0.39, 0.29) is 59.0 Å². The molecule has 0 amide bonds. The molecule has 3 aromatic carbocycles. The Morgan fingerprint density at radius 3 is 1.67 bits per heavy atom. The molecule has 0 atom stereocenters. The molecule has 0 fully saturated rings. The Labute approximate surface area is 369 Å². The highest BCUT2D eigenvalue weighted by Crippen LogP contribution is 2.48. The minimum absolute atomic E-state index is 0.0300. The molecule has 0 spiro atoms. The predicted octanol–water partition coefficient (Wildman–Crippen LogP) is 9.03. The topological polar surface area (TPSA) is 174 Å². The summed E-state index contributed by atoms with van der Waals surface area (Å²) in [5.41, 5.74) is 0.704. The Hall–Kier alpha value is -4.35. The highest BCUT2D eigenvalue weighted by atomic mass is 35.5. The Morgan fingerprint density at radius 2 is 1.15 bits per heavy atom. The van der Waals surface area contributed by atoms with Gasteiger partial charge in [0, 0.05) is 24.2 Å². The number of hydrogen-bond donors (Lipinski definition) is 4. The van der Waals surface area contributed by atoms with Gasteiger partial charge in [-0.25, -0.2) is 13.4 Å². The van der Waals surface area contributed by atoms with Gasteiger partial charge in [-0.2, -0.15) is 15.0 Å². The lowest BCUT2D eigenvalue weighted by atomic mass is 9.98. The lowest BCUT2D eigenvalue weighted by molar-refractivity contribution is 0.0888. The lowest BCUT2D eigenvalue weighted by Crippen LogP contribution is -2.26.